The molecule has 0 radical (unpaired) electrons. The number of carbonyl (C=O) groups is 1. The number of fused-ring (bicyclic) bond motifs is 1. The molecule has 2 heterocycles. The lowest BCUT2D eigenvalue weighted by molar-refractivity contribution is -0.121. The summed E-state index contributed by atoms with van der Waals surface area (Å²) in [6, 6.07) is 1.90. The summed E-state index contributed by atoms with van der Waals surface area (Å²) < 4.78 is 0. The van der Waals surface area contributed by atoms with Crippen LogP contribution in [0.3, 0.4) is 0 Å². The van der Waals surface area contributed by atoms with Gasteiger partial charge in [-0.1, -0.05) is 0 Å². The van der Waals surface area contributed by atoms with Crippen molar-refractivity contribution in [3.05, 3.63) is 17.8 Å². The maximum absolute atomic E-state index is 12.4. The van der Waals surface area contributed by atoms with Crippen LogP contribution in [-0.4, -0.2) is 24.0 Å². The number of anilines is 2. The van der Waals surface area contributed by atoms with Gasteiger partial charge in [0.25, 0.3) is 0 Å². The molecule has 4 N–H and O–H groups in total. The van der Waals surface area contributed by atoms with Gasteiger partial charge in [0.2, 0.25) is 5.91 Å². The molecule has 1 aromatic heterocycles. The van der Waals surface area contributed by atoms with Crippen molar-refractivity contribution < 1.29 is 4.79 Å². The van der Waals surface area contributed by atoms with Gasteiger partial charge in [-0.15, -0.1) is 0 Å². The largest absolute Gasteiger partial charge is 0.369 e. The Balaban J connectivity index is 1.64. The molecule has 1 aromatic rings. The summed E-state index contributed by atoms with van der Waals surface area (Å²) in [4.78, 5) is 16.7. The number of amides is 1. The number of pyridine rings is 1. The molecule has 0 atom stereocenters. The van der Waals surface area contributed by atoms with E-state index >= 15 is 0 Å². The monoisotopic (exact) mass is 274 g/mol. The average Bonchev–Trinajstić information content (AvgIpc) is 2.97. The zero-order chi connectivity index (χ0) is 13.9. The zero-order valence-electron chi connectivity index (χ0n) is 11.7. The fourth-order valence-corrected chi connectivity index (χ4v) is 3.22. The molecule has 0 unspecified atom stereocenters. The smallest absolute Gasteiger partial charge is 0.227 e. The van der Waals surface area contributed by atoms with Gasteiger partial charge < -0.3 is 16.4 Å². The molecule has 0 spiro atoms. The topological polar surface area (TPSA) is 80.0 Å². The zero-order valence-corrected chi connectivity index (χ0v) is 11.7. The van der Waals surface area contributed by atoms with Gasteiger partial charge in [0.05, 0.1) is 0 Å². The van der Waals surface area contributed by atoms with Crippen LogP contribution in [0.15, 0.2) is 12.3 Å². The van der Waals surface area contributed by atoms with Gasteiger partial charge in [0.15, 0.2) is 0 Å². The van der Waals surface area contributed by atoms with Gasteiger partial charge in [-0.05, 0) is 50.6 Å². The molecule has 1 aliphatic carbocycles. The average molecular weight is 274 g/mol. The number of carbonyl (C=O) groups excluding carboxylic acids is 1. The summed E-state index contributed by atoms with van der Waals surface area (Å²) in [6.07, 6.45) is 6.74. The fourth-order valence-electron chi connectivity index (χ4n) is 3.22. The van der Waals surface area contributed by atoms with Gasteiger partial charge in [-0.3, -0.25) is 4.79 Å². The van der Waals surface area contributed by atoms with Crippen molar-refractivity contribution in [3.63, 3.8) is 0 Å². The summed E-state index contributed by atoms with van der Waals surface area (Å²) in [7, 11) is 0. The maximum atomic E-state index is 12.4. The first kappa shape index (κ1) is 13.4. The van der Waals surface area contributed by atoms with E-state index in [1.807, 2.05) is 6.07 Å². The Morgan fingerprint density at radius 1 is 1.40 bits per heavy atom. The molecule has 1 amide bonds. The SMILES string of the molecule is NCC1CCC(C(=O)Nc2ccnc3c2CCN3)CC1. The summed E-state index contributed by atoms with van der Waals surface area (Å²) in [5.41, 5.74) is 7.75. The van der Waals surface area contributed by atoms with Crippen molar-refractivity contribution in [1.29, 1.82) is 0 Å². The first-order valence-corrected chi connectivity index (χ1v) is 7.50. The number of hydrogen-bond donors (Lipinski definition) is 3. The molecule has 3 rings (SSSR count). The highest BCUT2D eigenvalue weighted by molar-refractivity contribution is 5.94. The molecule has 5 nitrogen and oxygen atoms in total. The van der Waals surface area contributed by atoms with Crippen LogP contribution in [0.5, 0.6) is 0 Å². The Bertz CT molecular complexity index is 495. The summed E-state index contributed by atoms with van der Waals surface area (Å²) >= 11 is 0. The Morgan fingerprint density at radius 3 is 2.95 bits per heavy atom. The van der Waals surface area contributed by atoms with E-state index in [1.165, 1.54) is 0 Å². The standard InChI is InChI=1S/C15H22N4O/c16-9-10-1-3-11(4-2-10)15(20)19-13-6-8-18-14-12(13)5-7-17-14/h6,8,10-11H,1-5,7,9,16H2,(H2,17,18,19,20). The van der Waals surface area contributed by atoms with Crippen LogP contribution in [0, 0.1) is 11.8 Å². The van der Waals surface area contributed by atoms with E-state index in [4.69, 9.17) is 5.73 Å². The normalized spacial score (nSPS) is 24.9. The molecular formula is C15H22N4O. The van der Waals surface area contributed by atoms with Crippen LogP contribution in [0.1, 0.15) is 31.2 Å². The molecule has 20 heavy (non-hydrogen) atoms. The summed E-state index contributed by atoms with van der Waals surface area (Å²) in [6.45, 7) is 1.65. The first-order chi connectivity index (χ1) is 9.78. The number of nitrogens with one attached hydrogen (secondary N) is 2. The van der Waals surface area contributed by atoms with E-state index in [0.717, 1.165) is 62.3 Å². The number of rotatable bonds is 3. The first-order valence-electron chi connectivity index (χ1n) is 7.50. The highest BCUT2D eigenvalue weighted by atomic mass is 16.1. The van der Waals surface area contributed by atoms with Crippen LogP contribution in [-0.2, 0) is 11.2 Å². The highest BCUT2D eigenvalue weighted by Gasteiger charge is 2.26. The van der Waals surface area contributed by atoms with Crippen LogP contribution in [0.2, 0.25) is 0 Å². The molecule has 0 bridgehead atoms. The van der Waals surface area contributed by atoms with E-state index in [0.29, 0.717) is 5.92 Å². The van der Waals surface area contributed by atoms with Crippen molar-refractivity contribution in [2.24, 2.45) is 17.6 Å². The molecule has 0 aromatic carbocycles. The number of hydrogen-bond acceptors (Lipinski definition) is 4. The Morgan fingerprint density at radius 2 is 2.20 bits per heavy atom. The predicted octanol–water partition coefficient (Wildman–Crippen LogP) is 1.75. The molecule has 1 fully saturated rings. The third-order valence-corrected chi connectivity index (χ3v) is 4.53. The van der Waals surface area contributed by atoms with E-state index < -0.39 is 0 Å². The van der Waals surface area contributed by atoms with E-state index in [9.17, 15) is 4.79 Å². The van der Waals surface area contributed by atoms with Crippen LogP contribution in [0.25, 0.3) is 0 Å². The molecule has 2 aliphatic rings. The molecule has 5 heteroatoms. The Labute approximate surface area is 119 Å². The molecule has 108 valence electrons. The van der Waals surface area contributed by atoms with Gasteiger partial charge in [0.1, 0.15) is 5.82 Å². The molecular weight excluding hydrogens is 252 g/mol. The summed E-state index contributed by atoms with van der Waals surface area (Å²) in [5.74, 6) is 1.81. The van der Waals surface area contributed by atoms with Crippen molar-refractivity contribution in [1.82, 2.24) is 4.98 Å². The fraction of sp³-hybridized carbons (Fsp3) is 0.600. The lowest BCUT2D eigenvalue weighted by Gasteiger charge is -2.27. The van der Waals surface area contributed by atoms with Crippen molar-refractivity contribution in [2.75, 3.05) is 23.7 Å². The van der Waals surface area contributed by atoms with Gasteiger partial charge in [-0.25, -0.2) is 4.98 Å². The second-order valence-electron chi connectivity index (χ2n) is 5.81. The van der Waals surface area contributed by atoms with Crippen LogP contribution >= 0.6 is 0 Å². The highest BCUT2D eigenvalue weighted by Crippen LogP contribution is 2.31. The second kappa shape index (κ2) is 5.79. The Hall–Kier alpha value is -1.62. The number of nitrogens with zero attached hydrogens (tertiary/aromatic N) is 1. The molecule has 1 aliphatic heterocycles. The third kappa shape index (κ3) is 2.63. The number of nitrogens with two attached hydrogens (primary N) is 1. The van der Waals surface area contributed by atoms with Crippen LogP contribution in [0.4, 0.5) is 11.5 Å². The van der Waals surface area contributed by atoms with Crippen molar-refractivity contribution in [2.45, 2.75) is 32.1 Å². The van der Waals surface area contributed by atoms with Crippen LogP contribution < -0.4 is 16.4 Å². The molecule has 1 saturated carbocycles. The predicted molar refractivity (Wildman–Crippen MR) is 79.6 cm³/mol. The minimum Gasteiger partial charge on any atom is -0.369 e. The van der Waals surface area contributed by atoms with E-state index in [-0.39, 0.29) is 11.8 Å². The Kier molecular flexibility index (Phi) is 3.87. The van der Waals surface area contributed by atoms with Gasteiger partial charge in [0, 0.05) is 29.9 Å². The lowest BCUT2D eigenvalue weighted by atomic mass is 9.81. The van der Waals surface area contributed by atoms with E-state index in [2.05, 4.69) is 15.6 Å². The lowest BCUT2D eigenvalue weighted by Crippen LogP contribution is -2.29. The molecule has 0 saturated heterocycles. The number of aromatic nitrogens is 1. The van der Waals surface area contributed by atoms with Crippen molar-refractivity contribution in [3.8, 4) is 0 Å². The quantitative estimate of drug-likeness (QED) is 0.784. The van der Waals surface area contributed by atoms with E-state index in [1.54, 1.807) is 6.20 Å². The van der Waals surface area contributed by atoms with Gasteiger partial charge in [-0.2, -0.15) is 0 Å². The van der Waals surface area contributed by atoms with Gasteiger partial charge >= 0.3 is 0 Å². The second-order valence-corrected chi connectivity index (χ2v) is 5.81. The minimum atomic E-state index is 0.135. The summed E-state index contributed by atoms with van der Waals surface area (Å²) in [5, 5.41) is 6.33. The maximum Gasteiger partial charge on any atom is 0.227 e. The van der Waals surface area contributed by atoms with Crippen molar-refractivity contribution >= 4 is 17.4 Å². The minimum absolute atomic E-state index is 0.135. The third-order valence-electron chi connectivity index (χ3n) is 4.53.